The highest BCUT2D eigenvalue weighted by Crippen LogP contribution is 2.22. The highest BCUT2D eigenvalue weighted by molar-refractivity contribution is 6.21. The minimum absolute atomic E-state index is 0.0942. The number of nitrogens with two attached hydrogens (primary N) is 1. The number of aliphatic hydroxyl groups is 1. The molecule has 3 heteroatoms. The smallest absolute Gasteiger partial charge is 0.0758 e. The quantitative estimate of drug-likeness (QED) is 0.698. The SMILES string of the molecule is N[C@H](CO)[C@H](Cl)c1ccccc1. The summed E-state index contributed by atoms with van der Waals surface area (Å²) in [6.45, 7) is -0.0942. The van der Waals surface area contributed by atoms with Crippen molar-refractivity contribution in [2.75, 3.05) is 6.61 Å². The average Bonchev–Trinajstić information content (AvgIpc) is 2.17. The minimum atomic E-state index is -0.394. The van der Waals surface area contributed by atoms with Crippen LogP contribution < -0.4 is 5.73 Å². The van der Waals surface area contributed by atoms with Gasteiger partial charge in [-0.2, -0.15) is 0 Å². The van der Waals surface area contributed by atoms with E-state index in [0.717, 1.165) is 5.56 Å². The van der Waals surface area contributed by atoms with Gasteiger partial charge in [-0.15, -0.1) is 11.6 Å². The van der Waals surface area contributed by atoms with Crippen LogP contribution in [0.4, 0.5) is 0 Å². The van der Waals surface area contributed by atoms with Crippen LogP contribution in [0.25, 0.3) is 0 Å². The van der Waals surface area contributed by atoms with E-state index < -0.39 is 6.04 Å². The lowest BCUT2D eigenvalue weighted by Crippen LogP contribution is -2.29. The molecule has 0 heterocycles. The number of rotatable bonds is 3. The predicted octanol–water partition coefficient (Wildman–Crippen LogP) is 1.29. The molecular formula is C9H12ClNO. The molecule has 0 bridgehead atoms. The average molecular weight is 186 g/mol. The van der Waals surface area contributed by atoms with Crippen molar-refractivity contribution in [3.05, 3.63) is 35.9 Å². The van der Waals surface area contributed by atoms with Gasteiger partial charge < -0.3 is 10.8 Å². The first kappa shape index (κ1) is 9.52. The van der Waals surface area contributed by atoms with Crippen molar-refractivity contribution in [1.29, 1.82) is 0 Å². The van der Waals surface area contributed by atoms with Crippen LogP contribution >= 0.6 is 11.6 Å². The van der Waals surface area contributed by atoms with Crippen molar-refractivity contribution in [2.24, 2.45) is 5.73 Å². The molecule has 0 saturated carbocycles. The summed E-state index contributed by atoms with van der Waals surface area (Å²) in [6.07, 6.45) is 0. The summed E-state index contributed by atoms with van der Waals surface area (Å²) in [5, 5.41) is 8.45. The van der Waals surface area contributed by atoms with E-state index in [-0.39, 0.29) is 12.0 Å². The Kier molecular flexibility index (Phi) is 3.53. The van der Waals surface area contributed by atoms with Gasteiger partial charge in [0.15, 0.2) is 0 Å². The van der Waals surface area contributed by atoms with Gasteiger partial charge in [-0.05, 0) is 5.56 Å². The Morgan fingerprint density at radius 1 is 1.33 bits per heavy atom. The molecule has 0 spiro atoms. The summed E-state index contributed by atoms with van der Waals surface area (Å²) in [7, 11) is 0. The first-order valence-electron chi connectivity index (χ1n) is 3.81. The molecule has 66 valence electrons. The number of benzene rings is 1. The Bertz CT molecular complexity index is 227. The van der Waals surface area contributed by atoms with Crippen LogP contribution in [0.15, 0.2) is 30.3 Å². The maximum atomic E-state index is 8.76. The lowest BCUT2D eigenvalue weighted by Gasteiger charge is -2.15. The standard InChI is InChI=1S/C9H12ClNO/c10-9(8(11)6-12)7-4-2-1-3-5-7/h1-5,8-9,12H,6,11H2/t8-,9-/m1/s1. The summed E-state index contributed by atoms with van der Waals surface area (Å²) < 4.78 is 0. The Hall–Kier alpha value is -0.570. The molecule has 3 N–H and O–H groups in total. The fraction of sp³-hybridized carbons (Fsp3) is 0.333. The third-order valence-electron chi connectivity index (χ3n) is 1.70. The van der Waals surface area contributed by atoms with Gasteiger partial charge in [-0.3, -0.25) is 0 Å². The molecule has 0 unspecified atom stereocenters. The van der Waals surface area contributed by atoms with E-state index in [9.17, 15) is 0 Å². The second-order valence-corrected chi connectivity index (χ2v) is 3.13. The summed E-state index contributed by atoms with van der Waals surface area (Å²) in [4.78, 5) is 0. The van der Waals surface area contributed by atoms with Crippen LogP contribution in [0.2, 0.25) is 0 Å². The lowest BCUT2D eigenvalue weighted by molar-refractivity contribution is 0.263. The van der Waals surface area contributed by atoms with E-state index in [0.29, 0.717) is 0 Å². The molecule has 0 fully saturated rings. The molecule has 0 amide bonds. The largest absolute Gasteiger partial charge is 0.395 e. The summed E-state index contributed by atoms with van der Waals surface area (Å²) in [5.74, 6) is 0. The summed E-state index contributed by atoms with van der Waals surface area (Å²) in [5.41, 5.74) is 6.51. The van der Waals surface area contributed by atoms with Gasteiger partial charge in [0.2, 0.25) is 0 Å². The first-order valence-corrected chi connectivity index (χ1v) is 4.25. The van der Waals surface area contributed by atoms with Crippen LogP contribution in [0.5, 0.6) is 0 Å². The molecule has 12 heavy (non-hydrogen) atoms. The molecule has 1 aromatic rings. The first-order chi connectivity index (χ1) is 5.75. The van der Waals surface area contributed by atoms with Crippen molar-refractivity contribution in [1.82, 2.24) is 0 Å². The highest BCUT2D eigenvalue weighted by Gasteiger charge is 2.14. The highest BCUT2D eigenvalue weighted by atomic mass is 35.5. The van der Waals surface area contributed by atoms with Crippen molar-refractivity contribution < 1.29 is 5.11 Å². The minimum Gasteiger partial charge on any atom is -0.395 e. The predicted molar refractivity (Wildman–Crippen MR) is 50.1 cm³/mol. The molecule has 1 rings (SSSR count). The van der Waals surface area contributed by atoms with Crippen LogP contribution in [0, 0.1) is 0 Å². The van der Waals surface area contributed by atoms with Gasteiger partial charge >= 0.3 is 0 Å². The molecule has 0 aliphatic rings. The molecule has 0 radical (unpaired) electrons. The van der Waals surface area contributed by atoms with Crippen molar-refractivity contribution in [2.45, 2.75) is 11.4 Å². The van der Waals surface area contributed by atoms with Crippen molar-refractivity contribution >= 4 is 11.6 Å². The Labute approximate surface area is 77.0 Å². The van der Waals surface area contributed by atoms with Gasteiger partial charge in [0.25, 0.3) is 0 Å². The Balaban J connectivity index is 2.71. The van der Waals surface area contributed by atoms with E-state index in [4.69, 9.17) is 22.4 Å². The zero-order chi connectivity index (χ0) is 8.97. The third kappa shape index (κ3) is 2.21. The molecule has 2 atom stereocenters. The fourth-order valence-corrected chi connectivity index (χ4v) is 1.20. The molecular weight excluding hydrogens is 174 g/mol. The molecule has 2 nitrogen and oxygen atoms in total. The second kappa shape index (κ2) is 4.45. The van der Waals surface area contributed by atoms with E-state index in [2.05, 4.69) is 0 Å². The van der Waals surface area contributed by atoms with Crippen LogP contribution in [-0.4, -0.2) is 17.8 Å². The number of hydrogen-bond acceptors (Lipinski definition) is 2. The molecule has 1 aromatic carbocycles. The van der Waals surface area contributed by atoms with Gasteiger partial charge in [0.1, 0.15) is 0 Å². The normalized spacial score (nSPS) is 15.6. The number of aliphatic hydroxyl groups excluding tert-OH is 1. The fourth-order valence-electron chi connectivity index (χ4n) is 0.977. The van der Waals surface area contributed by atoms with Crippen LogP contribution in [0.1, 0.15) is 10.9 Å². The zero-order valence-electron chi connectivity index (χ0n) is 6.65. The van der Waals surface area contributed by atoms with Crippen LogP contribution in [0.3, 0.4) is 0 Å². The Morgan fingerprint density at radius 2 is 1.92 bits per heavy atom. The van der Waals surface area contributed by atoms with E-state index in [1.807, 2.05) is 30.3 Å². The number of hydrogen-bond donors (Lipinski definition) is 2. The number of halogens is 1. The molecule has 0 saturated heterocycles. The van der Waals surface area contributed by atoms with E-state index in [1.165, 1.54) is 0 Å². The monoisotopic (exact) mass is 185 g/mol. The van der Waals surface area contributed by atoms with Crippen molar-refractivity contribution in [3.63, 3.8) is 0 Å². The van der Waals surface area contributed by atoms with Gasteiger partial charge in [0, 0.05) is 6.04 Å². The van der Waals surface area contributed by atoms with E-state index >= 15 is 0 Å². The third-order valence-corrected chi connectivity index (χ3v) is 2.28. The second-order valence-electron chi connectivity index (χ2n) is 2.66. The maximum Gasteiger partial charge on any atom is 0.0758 e. The topological polar surface area (TPSA) is 46.2 Å². The van der Waals surface area contributed by atoms with E-state index in [1.54, 1.807) is 0 Å². The Morgan fingerprint density at radius 3 is 2.42 bits per heavy atom. The molecule has 0 aliphatic carbocycles. The van der Waals surface area contributed by atoms with Gasteiger partial charge in [-0.25, -0.2) is 0 Å². The zero-order valence-corrected chi connectivity index (χ0v) is 7.41. The lowest BCUT2D eigenvalue weighted by atomic mass is 10.1. The summed E-state index contributed by atoms with van der Waals surface area (Å²) in [6, 6.07) is 9.11. The molecule has 0 aromatic heterocycles. The van der Waals surface area contributed by atoms with Crippen molar-refractivity contribution in [3.8, 4) is 0 Å². The maximum absolute atomic E-state index is 8.76. The number of alkyl halides is 1. The van der Waals surface area contributed by atoms with Crippen LogP contribution in [-0.2, 0) is 0 Å². The molecule has 0 aliphatic heterocycles. The van der Waals surface area contributed by atoms with Gasteiger partial charge in [-0.1, -0.05) is 30.3 Å². The van der Waals surface area contributed by atoms with Gasteiger partial charge in [0.05, 0.1) is 12.0 Å². The summed E-state index contributed by atoms with van der Waals surface area (Å²) >= 11 is 5.97.